The molecule has 0 radical (unpaired) electrons. The molecule has 0 aliphatic rings. The molecule has 0 aliphatic carbocycles. The Morgan fingerprint density at radius 1 is 1.69 bits per heavy atom. The first-order valence-corrected chi connectivity index (χ1v) is 3.96. The number of carbonyl (C=O) groups excluding carboxylic acids is 1. The van der Waals surface area contributed by atoms with Crippen molar-refractivity contribution in [3.05, 3.63) is 29.0 Å². The minimum absolute atomic E-state index is 0.295. The number of carbonyl (C=O) groups is 1. The predicted molar refractivity (Wildman–Crippen MR) is 48.0 cm³/mol. The Morgan fingerprint density at radius 2 is 2.31 bits per heavy atom. The van der Waals surface area contributed by atoms with Crippen molar-refractivity contribution in [3.8, 4) is 0 Å². The van der Waals surface area contributed by atoms with E-state index in [9.17, 15) is 9.90 Å². The molecular weight excluding hydrogens is 192 g/mol. The van der Waals surface area contributed by atoms with Gasteiger partial charge in [0.15, 0.2) is 5.60 Å². The maximum absolute atomic E-state index is 10.8. The highest BCUT2D eigenvalue weighted by Gasteiger charge is 2.30. The quantitative estimate of drug-likeness (QED) is 0.680. The van der Waals surface area contributed by atoms with Gasteiger partial charge in [0.2, 0.25) is 0 Å². The number of pyridine rings is 1. The minimum Gasteiger partial charge on any atom is -0.375 e. The van der Waals surface area contributed by atoms with Gasteiger partial charge in [-0.2, -0.15) is 0 Å². The third kappa shape index (κ3) is 1.96. The number of halogens is 1. The second-order valence-corrected chi connectivity index (χ2v) is 3.19. The maximum atomic E-state index is 10.8. The molecule has 3 N–H and O–H groups in total. The second-order valence-electron chi connectivity index (χ2n) is 2.81. The number of primary amides is 1. The summed E-state index contributed by atoms with van der Waals surface area (Å²) in [6.07, 6.45) is 1.31. The lowest BCUT2D eigenvalue weighted by Gasteiger charge is -2.18. The van der Waals surface area contributed by atoms with E-state index < -0.39 is 11.5 Å². The molecular formula is C8H9ClN2O2. The number of aromatic nitrogens is 1. The molecule has 1 amide bonds. The van der Waals surface area contributed by atoms with Crippen LogP contribution in [0.2, 0.25) is 5.15 Å². The largest absolute Gasteiger partial charge is 0.375 e. The molecule has 0 spiro atoms. The van der Waals surface area contributed by atoms with Crippen LogP contribution in [0.25, 0.3) is 0 Å². The van der Waals surface area contributed by atoms with E-state index in [0.717, 1.165) is 0 Å². The van der Waals surface area contributed by atoms with E-state index in [-0.39, 0.29) is 0 Å². The molecule has 0 saturated carbocycles. The fraction of sp³-hybridized carbons (Fsp3) is 0.250. The van der Waals surface area contributed by atoms with Crippen molar-refractivity contribution in [3.63, 3.8) is 0 Å². The van der Waals surface area contributed by atoms with E-state index in [2.05, 4.69) is 4.98 Å². The first-order chi connectivity index (χ1) is 5.94. The van der Waals surface area contributed by atoms with Gasteiger partial charge < -0.3 is 10.8 Å². The average Bonchev–Trinajstić information content (AvgIpc) is 2.04. The SMILES string of the molecule is CC(O)(C(N)=O)c1ccc(Cl)nc1. The number of nitrogens with zero attached hydrogens (tertiary/aromatic N) is 1. The monoisotopic (exact) mass is 200 g/mol. The van der Waals surface area contributed by atoms with Crippen molar-refractivity contribution in [1.29, 1.82) is 0 Å². The maximum Gasteiger partial charge on any atom is 0.253 e. The topological polar surface area (TPSA) is 76.2 Å². The van der Waals surface area contributed by atoms with Crippen molar-refractivity contribution in [2.45, 2.75) is 12.5 Å². The number of nitrogens with two attached hydrogens (primary N) is 1. The van der Waals surface area contributed by atoms with Crippen LogP contribution in [0.1, 0.15) is 12.5 Å². The molecule has 1 unspecified atom stereocenters. The van der Waals surface area contributed by atoms with E-state index in [4.69, 9.17) is 17.3 Å². The Balaban J connectivity index is 3.08. The van der Waals surface area contributed by atoms with Crippen LogP contribution in [0.5, 0.6) is 0 Å². The zero-order chi connectivity index (χ0) is 10.1. The van der Waals surface area contributed by atoms with Crippen molar-refractivity contribution >= 4 is 17.5 Å². The standard InChI is InChI=1S/C8H9ClN2O2/c1-8(13,7(10)12)5-2-3-6(9)11-4-5/h2-4,13H,1H3,(H2,10,12). The summed E-state index contributed by atoms with van der Waals surface area (Å²) in [4.78, 5) is 14.5. The van der Waals surface area contributed by atoms with Crippen molar-refractivity contribution in [2.24, 2.45) is 5.73 Å². The van der Waals surface area contributed by atoms with Gasteiger partial charge in [-0.05, 0) is 13.0 Å². The van der Waals surface area contributed by atoms with Crippen molar-refractivity contribution < 1.29 is 9.90 Å². The highest BCUT2D eigenvalue weighted by molar-refractivity contribution is 6.29. The Morgan fingerprint density at radius 3 is 2.69 bits per heavy atom. The predicted octanol–water partition coefficient (Wildman–Crippen LogP) is 0.428. The zero-order valence-corrected chi connectivity index (χ0v) is 7.75. The molecule has 1 atom stereocenters. The van der Waals surface area contributed by atoms with Crippen LogP contribution in [0.15, 0.2) is 18.3 Å². The van der Waals surface area contributed by atoms with Gasteiger partial charge in [-0.15, -0.1) is 0 Å². The molecule has 1 rings (SSSR count). The van der Waals surface area contributed by atoms with Crippen LogP contribution in [0.4, 0.5) is 0 Å². The summed E-state index contributed by atoms with van der Waals surface area (Å²) in [6.45, 7) is 1.31. The van der Waals surface area contributed by atoms with Crippen LogP contribution in [0, 0.1) is 0 Å². The highest BCUT2D eigenvalue weighted by atomic mass is 35.5. The van der Waals surface area contributed by atoms with Gasteiger partial charge >= 0.3 is 0 Å². The summed E-state index contributed by atoms with van der Waals surface area (Å²) in [5.74, 6) is -0.823. The molecule has 1 aromatic rings. The molecule has 0 saturated heterocycles. The Kier molecular flexibility index (Phi) is 2.54. The van der Waals surface area contributed by atoms with Crippen molar-refractivity contribution in [1.82, 2.24) is 4.98 Å². The van der Waals surface area contributed by atoms with Gasteiger partial charge in [0.05, 0.1) is 0 Å². The molecule has 0 bridgehead atoms. The van der Waals surface area contributed by atoms with E-state index >= 15 is 0 Å². The average molecular weight is 201 g/mol. The number of hydrogen-bond acceptors (Lipinski definition) is 3. The number of rotatable bonds is 2. The Bertz CT molecular complexity index is 321. The lowest BCUT2D eigenvalue weighted by Crippen LogP contribution is -2.38. The first-order valence-electron chi connectivity index (χ1n) is 3.59. The number of hydrogen-bond donors (Lipinski definition) is 2. The summed E-state index contributed by atoms with van der Waals surface area (Å²) in [6, 6.07) is 2.98. The van der Waals surface area contributed by atoms with Gasteiger partial charge in [-0.25, -0.2) is 4.98 Å². The first kappa shape index (κ1) is 9.95. The molecule has 0 aromatic carbocycles. The molecule has 13 heavy (non-hydrogen) atoms. The summed E-state index contributed by atoms with van der Waals surface area (Å²) in [5, 5.41) is 9.89. The van der Waals surface area contributed by atoms with Crippen LogP contribution < -0.4 is 5.73 Å². The van der Waals surface area contributed by atoms with E-state index in [0.29, 0.717) is 10.7 Å². The third-order valence-corrected chi connectivity index (χ3v) is 1.99. The summed E-state index contributed by atoms with van der Waals surface area (Å²) >= 11 is 5.53. The van der Waals surface area contributed by atoms with Gasteiger partial charge in [-0.3, -0.25) is 4.79 Å². The number of amides is 1. The van der Waals surface area contributed by atoms with Gasteiger partial charge in [0.1, 0.15) is 5.15 Å². The third-order valence-electron chi connectivity index (χ3n) is 1.77. The molecule has 0 fully saturated rings. The van der Waals surface area contributed by atoms with E-state index in [1.165, 1.54) is 25.3 Å². The van der Waals surface area contributed by atoms with E-state index in [1.54, 1.807) is 0 Å². The van der Waals surface area contributed by atoms with Crippen molar-refractivity contribution in [2.75, 3.05) is 0 Å². The highest BCUT2D eigenvalue weighted by Crippen LogP contribution is 2.19. The van der Waals surface area contributed by atoms with Crippen LogP contribution in [0.3, 0.4) is 0 Å². The van der Waals surface area contributed by atoms with Crippen LogP contribution in [-0.2, 0) is 10.4 Å². The molecule has 4 nitrogen and oxygen atoms in total. The zero-order valence-electron chi connectivity index (χ0n) is 6.99. The second kappa shape index (κ2) is 3.32. The van der Waals surface area contributed by atoms with Crippen LogP contribution >= 0.6 is 11.6 Å². The lowest BCUT2D eigenvalue weighted by atomic mass is 9.97. The van der Waals surface area contributed by atoms with Gasteiger partial charge in [-0.1, -0.05) is 17.7 Å². The van der Waals surface area contributed by atoms with Gasteiger partial charge in [0, 0.05) is 11.8 Å². The minimum atomic E-state index is -1.70. The fourth-order valence-electron chi connectivity index (χ4n) is 0.806. The molecule has 5 heteroatoms. The Labute approximate surface area is 80.3 Å². The normalized spacial score (nSPS) is 15.0. The Hall–Kier alpha value is -1.13. The molecule has 1 aromatic heterocycles. The molecule has 70 valence electrons. The summed E-state index contributed by atoms with van der Waals surface area (Å²) < 4.78 is 0. The van der Waals surface area contributed by atoms with Crippen LogP contribution in [-0.4, -0.2) is 16.0 Å². The molecule has 1 heterocycles. The lowest BCUT2D eigenvalue weighted by molar-refractivity contribution is -0.135. The fourth-order valence-corrected chi connectivity index (χ4v) is 0.918. The number of aliphatic hydroxyl groups is 1. The summed E-state index contributed by atoms with van der Waals surface area (Å²) in [7, 11) is 0. The van der Waals surface area contributed by atoms with E-state index in [1.807, 2.05) is 0 Å². The van der Waals surface area contributed by atoms with Gasteiger partial charge in [0.25, 0.3) is 5.91 Å². The smallest absolute Gasteiger partial charge is 0.253 e. The summed E-state index contributed by atoms with van der Waals surface area (Å²) in [5.41, 5.74) is 3.62. The molecule has 0 aliphatic heterocycles.